The Morgan fingerprint density at radius 3 is 1.18 bits per heavy atom. The lowest BCUT2D eigenvalue weighted by atomic mass is 9.86. The van der Waals surface area contributed by atoms with Crippen LogP contribution < -0.4 is 0 Å². The number of fused-ring (bicyclic) bond motifs is 10. The number of hydrogen-bond donors (Lipinski definition) is 0. The van der Waals surface area contributed by atoms with Gasteiger partial charge in [-0.1, -0.05) is 60.7 Å². The Morgan fingerprint density at radius 1 is 0.324 bits per heavy atom. The van der Waals surface area contributed by atoms with Crippen LogP contribution in [0, 0.1) is 0 Å². The molecule has 0 saturated carbocycles. The molecule has 0 N–H and O–H groups in total. The van der Waals surface area contributed by atoms with E-state index in [4.69, 9.17) is 0 Å². The van der Waals surface area contributed by atoms with Gasteiger partial charge in [0.05, 0.1) is 0 Å². The monoisotopic (exact) mass is 432 g/mol. The highest BCUT2D eigenvalue weighted by atomic mass is 14.2. The average molecular weight is 433 g/mol. The third kappa shape index (κ3) is 2.60. The van der Waals surface area contributed by atoms with Crippen molar-refractivity contribution in [3.8, 4) is 0 Å². The minimum absolute atomic E-state index is 1.22. The van der Waals surface area contributed by atoms with E-state index in [0.717, 1.165) is 0 Å². The van der Waals surface area contributed by atoms with Gasteiger partial charge in [-0.3, -0.25) is 0 Å². The molecule has 7 aromatic rings. The molecular weight excluding hydrogens is 408 g/mol. The molecule has 0 heteroatoms. The first-order valence-electron chi connectivity index (χ1n) is 12.5. The van der Waals surface area contributed by atoms with Crippen LogP contribution in [-0.2, 0) is 12.8 Å². The van der Waals surface area contributed by atoms with Crippen molar-refractivity contribution in [3.05, 3.63) is 108 Å². The van der Waals surface area contributed by atoms with Gasteiger partial charge in [0.25, 0.3) is 0 Å². The molecule has 1 aliphatic rings. The maximum Gasteiger partial charge on any atom is -0.00923 e. The van der Waals surface area contributed by atoms with Crippen molar-refractivity contribution >= 4 is 64.6 Å². The third-order valence-corrected chi connectivity index (χ3v) is 8.08. The van der Waals surface area contributed by atoms with Gasteiger partial charge >= 0.3 is 0 Å². The molecule has 0 atom stereocenters. The van der Waals surface area contributed by atoms with Crippen LogP contribution >= 0.6 is 0 Å². The van der Waals surface area contributed by atoms with E-state index in [1.807, 2.05) is 0 Å². The van der Waals surface area contributed by atoms with Crippen molar-refractivity contribution in [1.29, 1.82) is 0 Å². The molecule has 0 fully saturated rings. The lowest BCUT2D eigenvalue weighted by Crippen LogP contribution is -2.02. The Morgan fingerprint density at radius 2 is 0.706 bits per heavy atom. The first-order valence-corrected chi connectivity index (χ1v) is 12.5. The fourth-order valence-corrected chi connectivity index (χ4v) is 6.38. The van der Waals surface area contributed by atoms with Gasteiger partial charge in [-0.25, -0.2) is 0 Å². The van der Waals surface area contributed by atoms with Crippen molar-refractivity contribution in [2.24, 2.45) is 0 Å². The second-order valence-corrected chi connectivity index (χ2v) is 10.1. The van der Waals surface area contributed by atoms with Gasteiger partial charge in [0.15, 0.2) is 0 Å². The zero-order valence-electron chi connectivity index (χ0n) is 19.1. The van der Waals surface area contributed by atoms with Gasteiger partial charge < -0.3 is 0 Å². The van der Waals surface area contributed by atoms with Crippen LogP contribution in [0.2, 0.25) is 0 Å². The maximum atomic E-state index is 2.47. The van der Waals surface area contributed by atoms with E-state index in [2.05, 4.69) is 97.1 Å². The first-order chi connectivity index (χ1) is 16.8. The summed E-state index contributed by atoms with van der Waals surface area (Å²) in [6.07, 6.45) is 5.09. The molecule has 1 aliphatic carbocycles. The van der Waals surface area contributed by atoms with Gasteiger partial charge in [-0.15, -0.1) is 0 Å². The van der Waals surface area contributed by atoms with Crippen molar-refractivity contribution in [2.75, 3.05) is 0 Å². The summed E-state index contributed by atoms with van der Waals surface area (Å²) in [7, 11) is 0. The molecule has 8 rings (SSSR count). The minimum atomic E-state index is 1.22. The van der Waals surface area contributed by atoms with Crippen molar-refractivity contribution in [3.63, 3.8) is 0 Å². The van der Waals surface area contributed by atoms with Crippen LogP contribution in [0.3, 0.4) is 0 Å². The van der Waals surface area contributed by atoms with E-state index < -0.39 is 0 Å². The highest BCUT2D eigenvalue weighted by molar-refractivity contribution is 6.29. The summed E-state index contributed by atoms with van der Waals surface area (Å²) in [6.45, 7) is 0. The molecule has 0 spiro atoms. The maximum absolute atomic E-state index is 2.47. The lowest BCUT2D eigenvalue weighted by Gasteiger charge is -2.18. The van der Waals surface area contributed by atoms with Gasteiger partial charge in [0.2, 0.25) is 0 Å². The van der Waals surface area contributed by atoms with Gasteiger partial charge in [0.1, 0.15) is 0 Å². The molecule has 0 nitrogen and oxygen atoms in total. The van der Waals surface area contributed by atoms with E-state index in [0.29, 0.717) is 0 Å². The molecule has 7 aromatic carbocycles. The smallest absolute Gasteiger partial charge is 0.00923 e. The molecule has 34 heavy (non-hydrogen) atoms. The highest BCUT2D eigenvalue weighted by Crippen LogP contribution is 2.40. The summed E-state index contributed by atoms with van der Waals surface area (Å²) in [5, 5.41) is 16.1. The number of aryl methyl sites for hydroxylation is 2. The second kappa shape index (κ2) is 6.81. The van der Waals surface area contributed by atoms with Gasteiger partial charge in [-0.05, 0) is 138 Å². The van der Waals surface area contributed by atoms with Gasteiger partial charge in [0, 0.05) is 0 Å². The average Bonchev–Trinajstić information content (AvgIpc) is 2.89. The number of rotatable bonds is 0. The van der Waals surface area contributed by atoms with Crippen molar-refractivity contribution < 1.29 is 0 Å². The molecule has 0 amide bonds. The third-order valence-electron chi connectivity index (χ3n) is 8.08. The minimum Gasteiger partial charge on any atom is -0.0616 e. The predicted molar refractivity (Wildman–Crippen MR) is 148 cm³/mol. The molecule has 0 heterocycles. The first kappa shape index (κ1) is 18.5. The SMILES string of the molecule is c1ccc2cc3cc4c(cc3cc2c1)c1ccccc1c1cc2cc3c(cc2cc14)CCCC3. The Kier molecular flexibility index (Phi) is 3.71. The summed E-state index contributed by atoms with van der Waals surface area (Å²) in [5.74, 6) is 0. The Balaban J connectivity index is 1.56. The fraction of sp³-hybridized carbons (Fsp3) is 0.118. The van der Waals surface area contributed by atoms with E-state index in [1.165, 1.54) is 90.3 Å². The summed E-state index contributed by atoms with van der Waals surface area (Å²) < 4.78 is 0. The molecule has 0 aromatic heterocycles. The largest absolute Gasteiger partial charge is 0.0616 e. The van der Waals surface area contributed by atoms with E-state index >= 15 is 0 Å². The summed E-state index contributed by atoms with van der Waals surface area (Å²) in [6, 6.07) is 37.0. The summed E-state index contributed by atoms with van der Waals surface area (Å²) >= 11 is 0. The molecule has 0 bridgehead atoms. The van der Waals surface area contributed by atoms with E-state index in [-0.39, 0.29) is 0 Å². The van der Waals surface area contributed by atoms with Gasteiger partial charge in [-0.2, -0.15) is 0 Å². The van der Waals surface area contributed by atoms with Crippen molar-refractivity contribution in [2.45, 2.75) is 25.7 Å². The predicted octanol–water partition coefficient (Wildman–Crippen LogP) is 9.48. The van der Waals surface area contributed by atoms with E-state index in [1.54, 1.807) is 11.1 Å². The fourth-order valence-electron chi connectivity index (χ4n) is 6.38. The number of benzene rings is 7. The van der Waals surface area contributed by atoms with Crippen molar-refractivity contribution in [1.82, 2.24) is 0 Å². The Bertz CT molecular complexity index is 1960. The molecule has 0 saturated heterocycles. The van der Waals surface area contributed by atoms with Crippen LogP contribution in [0.5, 0.6) is 0 Å². The standard InChI is InChI=1S/C34H24/c1-3-9-23-15-27-19-33-31(17-25(27)13-21(23)7-1)29-11-5-6-12-30(29)32-18-26-14-22-8-2-4-10-24(22)16-28(26)20-34(32)33/h1,3,5-7,9,11-20H,2,4,8,10H2. The quantitative estimate of drug-likeness (QED) is 0.165. The van der Waals surface area contributed by atoms with Crippen LogP contribution in [0.1, 0.15) is 24.0 Å². The molecule has 160 valence electrons. The molecular formula is C34H24. The zero-order chi connectivity index (χ0) is 22.2. The second-order valence-electron chi connectivity index (χ2n) is 10.1. The van der Waals surface area contributed by atoms with Crippen LogP contribution in [0.15, 0.2) is 97.1 Å². The Labute approximate surface area is 198 Å². The van der Waals surface area contributed by atoms with Crippen LogP contribution in [0.25, 0.3) is 64.6 Å². The van der Waals surface area contributed by atoms with Crippen LogP contribution in [-0.4, -0.2) is 0 Å². The van der Waals surface area contributed by atoms with E-state index in [9.17, 15) is 0 Å². The molecule has 0 aliphatic heterocycles. The zero-order valence-corrected chi connectivity index (χ0v) is 19.1. The molecule has 0 radical (unpaired) electrons. The summed E-state index contributed by atoms with van der Waals surface area (Å²) in [5.41, 5.74) is 3.11. The topological polar surface area (TPSA) is 0 Å². The number of hydrogen-bond acceptors (Lipinski definition) is 0. The normalized spacial score (nSPS) is 14.0. The Hall–Kier alpha value is -3.90. The molecule has 0 unspecified atom stereocenters. The summed E-state index contributed by atoms with van der Waals surface area (Å²) in [4.78, 5) is 0. The highest BCUT2D eigenvalue weighted by Gasteiger charge is 2.14. The lowest BCUT2D eigenvalue weighted by molar-refractivity contribution is 0.687. The van der Waals surface area contributed by atoms with Crippen LogP contribution in [0.4, 0.5) is 0 Å².